The van der Waals surface area contributed by atoms with Crippen LogP contribution in [-0.2, 0) is 6.54 Å². The van der Waals surface area contributed by atoms with E-state index in [1.807, 2.05) is 18.2 Å². The molecule has 0 aromatic heterocycles. The maximum atomic E-state index is 13.4. The third-order valence-corrected chi connectivity index (χ3v) is 2.68. The molecule has 0 heterocycles. The molecule has 0 aliphatic heterocycles. The van der Waals surface area contributed by atoms with Crippen molar-refractivity contribution in [3.8, 4) is 0 Å². The lowest BCUT2D eigenvalue weighted by molar-refractivity contribution is -0.387. The van der Waals surface area contributed by atoms with Gasteiger partial charge in [0.15, 0.2) is 0 Å². The smallest absolute Gasteiger partial charge is 0.304 e. The maximum Gasteiger partial charge on any atom is 0.304 e. The molecule has 0 bridgehead atoms. The van der Waals surface area contributed by atoms with Gasteiger partial charge in [-0.05, 0) is 17.7 Å². The molecule has 0 spiro atoms. The third kappa shape index (κ3) is 2.98. The molecule has 0 aliphatic rings. The topological polar surface area (TPSA) is 81.2 Å². The number of nitrogens with one attached hydrogen (secondary N) is 1. The number of nitrogen functional groups attached to an aromatic ring is 1. The Morgan fingerprint density at radius 1 is 1.26 bits per heavy atom. The van der Waals surface area contributed by atoms with Gasteiger partial charge in [-0.15, -0.1) is 0 Å². The predicted molar refractivity (Wildman–Crippen MR) is 71.2 cm³/mol. The first-order valence-corrected chi connectivity index (χ1v) is 5.59. The van der Waals surface area contributed by atoms with E-state index in [0.717, 1.165) is 17.7 Å². The summed E-state index contributed by atoms with van der Waals surface area (Å²) in [5.41, 5.74) is 7.21. The summed E-state index contributed by atoms with van der Waals surface area (Å²) in [7, 11) is 0. The minimum absolute atomic E-state index is 0.421. The Kier molecular flexibility index (Phi) is 3.61. The number of hydrogen-bond acceptors (Lipinski definition) is 4. The Labute approximate surface area is 109 Å². The van der Waals surface area contributed by atoms with Gasteiger partial charge < -0.3 is 11.1 Å². The highest BCUT2D eigenvalue weighted by Gasteiger charge is 2.13. The molecule has 6 heteroatoms. The molecular formula is C13H12FN3O2. The van der Waals surface area contributed by atoms with Crippen molar-refractivity contribution >= 4 is 17.1 Å². The van der Waals surface area contributed by atoms with E-state index in [0.29, 0.717) is 17.9 Å². The number of nitro benzene ring substituents is 1. The summed E-state index contributed by atoms with van der Waals surface area (Å²) in [4.78, 5) is 9.73. The average Bonchev–Trinajstić information content (AvgIpc) is 2.37. The Morgan fingerprint density at radius 2 is 2.00 bits per heavy atom. The number of nitro groups is 1. The quantitative estimate of drug-likeness (QED) is 0.503. The lowest BCUT2D eigenvalue weighted by atomic mass is 10.2. The van der Waals surface area contributed by atoms with Crippen molar-refractivity contribution in [2.45, 2.75) is 6.54 Å². The Morgan fingerprint density at radius 3 is 2.63 bits per heavy atom. The predicted octanol–water partition coefficient (Wildman–Crippen LogP) is 2.93. The van der Waals surface area contributed by atoms with Crippen molar-refractivity contribution in [1.29, 1.82) is 0 Å². The first kappa shape index (κ1) is 12.8. The zero-order chi connectivity index (χ0) is 13.8. The molecule has 2 aromatic rings. The van der Waals surface area contributed by atoms with Crippen LogP contribution in [0.25, 0.3) is 0 Å². The van der Waals surface area contributed by atoms with E-state index < -0.39 is 16.4 Å². The normalized spacial score (nSPS) is 10.2. The highest BCUT2D eigenvalue weighted by molar-refractivity contribution is 5.52. The van der Waals surface area contributed by atoms with Gasteiger partial charge in [-0.1, -0.05) is 18.2 Å². The van der Waals surface area contributed by atoms with Crippen LogP contribution < -0.4 is 11.1 Å². The second-order valence-corrected chi connectivity index (χ2v) is 3.98. The molecule has 0 saturated heterocycles. The molecule has 5 nitrogen and oxygen atoms in total. The molecule has 0 radical (unpaired) electrons. The van der Waals surface area contributed by atoms with E-state index in [1.165, 1.54) is 6.07 Å². The number of halogens is 1. The summed E-state index contributed by atoms with van der Waals surface area (Å²) >= 11 is 0. The Bertz CT molecular complexity index is 617. The number of rotatable bonds is 4. The van der Waals surface area contributed by atoms with E-state index in [-0.39, 0.29) is 0 Å². The van der Waals surface area contributed by atoms with Crippen LogP contribution in [0.4, 0.5) is 21.5 Å². The van der Waals surface area contributed by atoms with Crippen LogP contribution in [0.5, 0.6) is 0 Å². The summed E-state index contributed by atoms with van der Waals surface area (Å²) in [5, 5.41) is 13.5. The van der Waals surface area contributed by atoms with Gasteiger partial charge in [-0.3, -0.25) is 10.1 Å². The lowest BCUT2D eigenvalue weighted by Gasteiger charge is -2.08. The van der Waals surface area contributed by atoms with Crippen LogP contribution >= 0.6 is 0 Å². The van der Waals surface area contributed by atoms with Crippen LogP contribution in [0.15, 0.2) is 42.5 Å². The monoisotopic (exact) mass is 261 g/mol. The van der Waals surface area contributed by atoms with Crippen LogP contribution in [0.3, 0.4) is 0 Å². The molecule has 3 N–H and O–H groups in total. The Hall–Kier alpha value is -2.63. The number of benzene rings is 2. The van der Waals surface area contributed by atoms with Gasteiger partial charge in [0.2, 0.25) is 5.82 Å². The molecule has 0 amide bonds. The second-order valence-electron chi connectivity index (χ2n) is 3.98. The fourth-order valence-corrected chi connectivity index (χ4v) is 1.66. The van der Waals surface area contributed by atoms with Gasteiger partial charge in [0.25, 0.3) is 0 Å². The number of anilines is 2. The zero-order valence-electron chi connectivity index (χ0n) is 9.97. The fraction of sp³-hybridized carbons (Fsp3) is 0.0769. The molecule has 0 saturated carbocycles. The number of nitrogens with zero attached hydrogens (tertiary/aromatic N) is 1. The molecule has 0 fully saturated rings. The number of nitrogens with two attached hydrogens (primary N) is 1. The first-order valence-electron chi connectivity index (χ1n) is 5.59. The van der Waals surface area contributed by atoms with E-state index >= 15 is 0 Å². The van der Waals surface area contributed by atoms with Crippen molar-refractivity contribution < 1.29 is 9.31 Å². The van der Waals surface area contributed by atoms with Crippen LogP contribution in [-0.4, -0.2) is 4.92 Å². The molecule has 19 heavy (non-hydrogen) atoms. The molecule has 2 rings (SSSR count). The van der Waals surface area contributed by atoms with Crippen LogP contribution in [0.1, 0.15) is 5.56 Å². The summed E-state index contributed by atoms with van der Waals surface area (Å²) < 4.78 is 13.4. The summed E-state index contributed by atoms with van der Waals surface area (Å²) in [6, 6.07) is 11.0. The highest BCUT2D eigenvalue weighted by Crippen LogP contribution is 2.21. The Balaban J connectivity index is 2.11. The summed E-state index contributed by atoms with van der Waals surface area (Å²) in [6.45, 7) is 0.421. The fourth-order valence-electron chi connectivity index (χ4n) is 1.66. The van der Waals surface area contributed by atoms with Gasteiger partial charge in [-0.25, -0.2) is 0 Å². The van der Waals surface area contributed by atoms with Crippen molar-refractivity contribution in [1.82, 2.24) is 0 Å². The van der Waals surface area contributed by atoms with E-state index in [1.54, 1.807) is 6.07 Å². The molecule has 0 aliphatic carbocycles. The molecule has 2 aromatic carbocycles. The molecule has 98 valence electrons. The van der Waals surface area contributed by atoms with Crippen molar-refractivity contribution in [3.05, 3.63) is 64.0 Å². The molecular weight excluding hydrogens is 249 g/mol. The van der Waals surface area contributed by atoms with E-state index in [9.17, 15) is 14.5 Å². The number of hydrogen-bond donors (Lipinski definition) is 2. The second kappa shape index (κ2) is 5.34. The highest BCUT2D eigenvalue weighted by atomic mass is 19.1. The summed E-state index contributed by atoms with van der Waals surface area (Å²) in [6.07, 6.45) is 0. The SMILES string of the molecule is Nc1ccccc1CNc1ccc([N+](=O)[O-])c(F)c1. The van der Waals surface area contributed by atoms with Crippen molar-refractivity contribution in [2.75, 3.05) is 11.1 Å². The minimum Gasteiger partial charge on any atom is -0.398 e. The average molecular weight is 261 g/mol. The molecule has 0 unspecified atom stereocenters. The van der Waals surface area contributed by atoms with Gasteiger partial charge in [0.1, 0.15) is 0 Å². The van der Waals surface area contributed by atoms with Gasteiger partial charge >= 0.3 is 5.69 Å². The standard InChI is InChI=1S/C13H12FN3O2/c14-11-7-10(5-6-13(11)17(18)19)16-8-9-3-1-2-4-12(9)15/h1-7,16H,8,15H2. The van der Waals surface area contributed by atoms with Crippen LogP contribution in [0.2, 0.25) is 0 Å². The van der Waals surface area contributed by atoms with Gasteiger partial charge in [0.05, 0.1) is 4.92 Å². The minimum atomic E-state index is -0.865. The van der Waals surface area contributed by atoms with Gasteiger partial charge in [0, 0.05) is 30.1 Å². The van der Waals surface area contributed by atoms with E-state index in [2.05, 4.69) is 5.32 Å². The largest absolute Gasteiger partial charge is 0.398 e. The summed E-state index contributed by atoms with van der Waals surface area (Å²) in [5.74, 6) is -0.865. The molecule has 0 atom stereocenters. The van der Waals surface area contributed by atoms with Crippen molar-refractivity contribution in [3.63, 3.8) is 0 Å². The zero-order valence-corrected chi connectivity index (χ0v) is 9.97. The van der Waals surface area contributed by atoms with Crippen molar-refractivity contribution in [2.24, 2.45) is 0 Å². The lowest BCUT2D eigenvalue weighted by Crippen LogP contribution is -2.03. The third-order valence-electron chi connectivity index (χ3n) is 2.68. The van der Waals surface area contributed by atoms with Gasteiger partial charge in [-0.2, -0.15) is 4.39 Å². The maximum absolute atomic E-state index is 13.4. The number of para-hydroxylation sites is 1. The van der Waals surface area contributed by atoms with Crippen LogP contribution in [0, 0.1) is 15.9 Å². The first-order chi connectivity index (χ1) is 9.08. The van der Waals surface area contributed by atoms with E-state index in [4.69, 9.17) is 5.73 Å².